The second kappa shape index (κ2) is 5.56. The lowest BCUT2D eigenvalue weighted by Gasteiger charge is -2.13. The monoisotopic (exact) mass is 350 g/mol. The Morgan fingerprint density at radius 3 is 2.79 bits per heavy atom. The van der Waals surface area contributed by atoms with Crippen molar-refractivity contribution in [2.24, 2.45) is 0 Å². The summed E-state index contributed by atoms with van der Waals surface area (Å²) in [5.41, 5.74) is 0.468. The van der Waals surface area contributed by atoms with Gasteiger partial charge in [0.1, 0.15) is 0 Å². The summed E-state index contributed by atoms with van der Waals surface area (Å²) in [4.78, 5) is 11.9. The van der Waals surface area contributed by atoms with Crippen molar-refractivity contribution in [2.75, 3.05) is 13.1 Å². The highest BCUT2D eigenvalue weighted by Gasteiger charge is 2.32. The lowest BCUT2D eigenvalue weighted by atomic mass is 10.2. The van der Waals surface area contributed by atoms with Crippen molar-refractivity contribution in [1.29, 1.82) is 0 Å². The molecule has 1 heterocycles. The minimum absolute atomic E-state index is 0.0292. The van der Waals surface area contributed by atoms with Crippen molar-refractivity contribution in [1.82, 2.24) is 9.62 Å². The maximum Gasteiger partial charge on any atom is 0.374 e. The van der Waals surface area contributed by atoms with Crippen molar-refractivity contribution in [3.8, 4) is 0 Å². The Morgan fingerprint density at radius 2 is 2.21 bits per heavy atom. The third-order valence-corrected chi connectivity index (χ3v) is 4.32. The molecule has 104 valence electrons. The van der Waals surface area contributed by atoms with Crippen molar-refractivity contribution in [2.45, 2.75) is 12.5 Å². The van der Waals surface area contributed by atoms with E-state index in [1.165, 1.54) is 0 Å². The topological polar surface area (TPSA) is 66.5 Å². The molecule has 1 amide bonds. The summed E-state index contributed by atoms with van der Waals surface area (Å²) in [6, 6.07) is 6.47. The number of amides is 1. The molecule has 19 heavy (non-hydrogen) atoms. The largest absolute Gasteiger partial charge is 0.374 e. The maximum absolute atomic E-state index is 12.8. The Hall–Kier alpha value is -0.990. The summed E-state index contributed by atoms with van der Waals surface area (Å²) in [6.45, 7) is 0.0564. The van der Waals surface area contributed by atoms with E-state index in [4.69, 9.17) is 0 Å². The number of benzene rings is 1. The van der Waals surface area contributed by atoms with E-state index < -0.39 is 10.4 Å². The molecule has 1 aliphatic rings. The van der Waals surface area contributed by atoms with Crippen LogP contribution < -0.4 is 5.32 Å². The molecule has 1 aromatic rings. The number of rotatable bonds is 3. The van der Waals surface area contributed by atoms with Crippen LogP contribution in [-0.4, -0.2) is 37.8 Å². The molecule has 1 aromatic carbocycles. The number of nitrogens with one attached hydrogen (secondary N) is 1. The molecular weight excluding hydrogens is 339 g/mol. The van der Waals surface area contributed by atoms with E-state index in [0.29, 0.717) is 12.0 Å². The SMILES string of the molecule is O=C(NC1CCN(S(=O)(=O)F)C1)c1cccc(Br)c1. The van der Waals surface area contributed by atoms with E-state index in [2.05, 4.69) is 21.2 Å². The number of carbonyl (C=O) groups excluding carboxylic acids is 1. The average molecular weight is 351 g/mol. The first-order valence-corrected chi connectivity index (χ1v) is 7.76. The molecule has 0 aromatic heterocycles. The van der Waals surface area contributed by atoms with Gasteiger partial charge in [0.25, 0.3) is 5.91 Å². The predicted octanol–water partition coefficient (Wildman–Crippen LogP) is 1.47. The number of carbonyl (C=O) groups is 1. The molecule has 1 aliphatic heterocycles. The van der Waals surface area contributed by atoms with E-state index in [9.17, 15) is 17.1 Å². The first-order valence-electron chi connectivity index (χ1n) is 5.62. The van der Waals surface area contributed by atoms with Crippen LogP contribution in [-0.2, 0) is 10.4 Å². The minimum Gasteiger partial charge on any atom is -0.348 e. The van der Waals surface area contributed by atoms with Gasteiger partial charge in [-0.25, -0.2) is 0 Å². The maximum atomic E-state index is 12.8. The normalized spacial score (nSPS) is 20.4. The van der Waals surface area contributed by atoms with E-state index in [0.717, 1.165) is 8.78 Å². The summed E-state index contributed by atoms with van der Waals surface area (Å²) in [5.74, 6) is -0.301. The lowest BCUT2D eigenvalue weighted by Crippen LogP contribution is -2.37. The fourth-order valence-electron chi connectivity index (χ4n) is 1.94. The zero-order valence-corrected chi connectivity index (χ0v) is 12.2. The van der Waals surface area contributed by atoms with Crippen LogP contribution in [0.1, 0.15) is 16.8 Å². The van der Waals surface area contributed by atoms with Gasteiger partial charge in [-0.1, -0.05) is 25.9 Å². The summed E-state index contributed by atoms with van der Waals surface area (Å²) >= 11 is 3.26. The molecule has 2 rings (SSSR count). The van der Waals surface area contributed by atoms with Gasteiger partial charge in [0, 0.05) is 29.2 Å². The molecule has 0 spiro atoms. The van der Waals surface area contributed by atoms with Crippen molar-refractivity contribution < 1.29 is 17.1 Å². The second-order valence-electron chi connectivity index (χ2n) is 4.27. The molecular formula is C11H12BrFN2O3S. The Labute approximate surface area is 119 Å². The fraction of sp³-hybridized carbons (Fsp3) is 0.364. The molecule has 1 N–H and O–H groups in total. The van der Waals surface area contributed by atoms with Gasteiger partial charge < -0.3 is 5.32 Å². The van der Waals surface area contributed by atoms with Crippen LogP contribution in [0.5, 0.6) is 0 Å². The molecule has 8 heteroatoms. The third kappa shape index (κ3) is 3.74. The van der Waals surface area contributed by atoms with E-state index >= 15 is 0 Å². The molecule has 1 saturated heterocycles. The molecule has 0 bridgehead atoms. The average Bonchev–Trinajstić information content (AvgIpc) is 2.77. The molecule has 0 aliphatic carbocycles. The van der Waals surface area contributed by atoms with Gasteiger partial charge in [-0.05, 0) is 24.6 Å². The third-order valence-electron chi connectivity index (χ3n) is 2.88. The van der Waals surface area contributed by atoms with E-state index in [1.54, 1.807) is 24.3 Å². The zero-order valence-electron chi connectivity index (χ0n) is 9.84. The van der Waals surface area contributed by atoms with Gasteiger partial charge in [0.15, 0.2) is 0 Å². The molecule has 1 fully saturated rings. The highest BCUT2D eigenvalue weighted by Crippen LogP contribution is 2.16. The minimum atomic E-state index is -4.67. The van der Waals surface area contributed by atoms with E-state index in [1.807, 2.05) is 0 Å². The van der Waals surface area contributed by atoms with Gasteiger partial charge in [0.2, 0.25) is 0 Å². The smallest absolute Gasteiger partial charge is 0.348 e. The molecule has 0 saturated carbocycles. The van der Waals surface area contributed by atoms with Gasteiger partial charge in [-0.15, -0.1) is 0 Å². The number of halogens is 2. The van der Waals surface area contributed by atoms with Crippen LogP contribution in [0.2, 0.25) is 0 Å². The number of hydrogen-bond donors (Lipinski definition) is 1. The number of hydrogen-bond acceptors (Lipinski definition) is 3. The highest BCUT2D eigenvalue weighted by molar-refractivity contribution is 9.10. The summed E-state index contributed by atoms with van der Waals surface area (Å²) < 4.78 is 35.7. The van der Waals surface area contributed by atoms with Gasteiger partial charge >= 0.3 is 10.4 Å². The number of nitrogens with zero attached hydrogens (tertiary/aromatic N) is 1. The fourth-order valence-corrected chi connectivity index (χ4v) is 3.02. The van der Waals surface area contributed by atoms with Crippen LogP contribution in [0.4, 0.5) is 3.89 Å². The summed E-state index contributed by atoms with van der Waals surface area (Å²) in [6.07, 6.45) is 0.406. The van der Waals surface area contributed by atoms with Crippen LogP contribution >= 0.6 is 15.9 Å². The summed E-state index contributed by atoms with van der Waals surface area (Å²) in [7, 11) is -4.67. The summed E-state index contributed by atoms with van der Waals surface area (Å²) in [5, 5.41) is 2.69. The van der Waals surface area contributed by atoms with Crippen LogP contribution in [0.25, 0.3) is 0 Å². The van der Waals surface area contributed by atoms with E-state index in [-0.39, 0.29) is 25.0 Å². The Morgan fingerprint density at radius 1 is 1.47 bits per heavy atom. The Bertz CT molecular complexity index is 593. The van der Waals surface area contributed by atoms with Crippen LogP contribution in [0, 0.1) is 0 Å². The van der Waals surface area contributed by atoms with Crippen molar-refractivity contribution in [3.63, 3.8) is 0 Å². The molecule has 5 nitrogen and oxygen atoms in total. The van der Waals surface area contributed by atoms with Gasteiger partial charge in [-0.2, -0.15) is 12.7 Å². The molecule has 1 atom stereocenters. The van der Waals surface area contributed by atoms with Crippen molar-refractivity contribution >= 4 is 32.2 Å². The van der Waals surface area contributed by atoms with Gasteiger partial charge in [0.05, 0.1) is 0 Å². The molecule has 1 unspecified atom stereocenters. The molecule has 0 radical (unpaired) electrons. The van der Waals surface area contributed by atoms with Crippen molar-refractivity contribution in [3.05, 3.63) is 34.3 Å². The Kier molecular flexibility index (Phi) is 4.22. The van der Waals surface area contributed by atoms with Crippen LogP contribution in [0.3, 0.4) is 0 Å². The highest BCUT2D eigenvalue weighted by atomic mass is 79.9. The predicted molar refractivity (Wildman–Crippen MR) is 71.6 cm³/mol. The quantitative estimate of drug-likeness (QED) is 0.839. The standard InChI is InChI=1S/C11H12BrFN2O3S/c12-9-3-1-2-8(6-9)11(16)14-10-4-5-15(7-10)19(13,17)18/h1-3,6,10H,4-5,7H2,(H,14,16). The Balaban J connectivity index is 1.98. The zero-order chi connectivity index (χ0) is 14.0. The lowest BCUT2D eigenvalue weighted by molar-refractivity contribution is 0.0939. The second-order valence-corrected chi connectivity index (χ2v) is 6.53. The van der Waals surface area contributed by atoms with Crippen LogP contribution in [0.15, 0.2) is 28.7 Å². The van der Waals surface area contributed by atoms with Gasteiger partial charge in [-0.3, -0.25) is 4.79 Å². The first kappa shape index (κ1) is 14.4. The first-order chi connectivity index (χ1) is 8.86.